The molecular formula is C21H17N3O3S. The monoisotopic (exact) mass is 391 g/mol. The first kappa shape index (κ1) is 19.1. The van der Waals surface area contributed by atoms with Gasteiger partial charge >= 0.3 is 0 Å². The largest absolute Gasteiger partial charge is 0.322 e. The Morgan fingerprint density at radius 1 is 0.929 bits per heavy atom. The first-order valence-corrected chi connectivity index (χ1v) is 9.87. The number of nitrogens with zero attached hydrogens (tertiary/aromatic N) is 1. The van der Waals surface area contributed by atoms with Gasteiger partial charge in [0.2, 0.25) is 0 Å². The number of hydrogen-bond donors (Lipinski definition) is 2. The first-order chi connectivity index (χ1) is 13.4. The van der Waals surface area contributed by atoms with Crippen molar-refractivity contribution in [3.05, 3.63) is 89.5 Å². The molecule has 0 saturated carbocycles. The smallest absolute Gasteiger partial charge is 0.261 e. The molecule has 3 aromatic carbocycles. The average molecular weight is 391 g/mol. The molecule has 0 atom stereocenters. The minimum Gasteiger partial charge on any atom is -0.322 e. The number of sulfonamides is 1. The summed E-state index contributed by atoms with van der Waals surface area (Å²) in [6, 6.07) is 21.2. The fourth-order valence-electron chi connectivity index (χ4n) is 2.54. The molecule has 0 unspecified atom stereocenters. The van der Waals surface area contributed by atoms with Crippen LogP contribution in [-0.4, -0.2) is 14.3 Å². The predicted octanol–water partition coefficient (Wildman–Crippen LogP) is 3.92. The molecule has 0 aliphatic carbocycles. The summed E-state index contributed by atoms with van der Waals surface area (Å²) >= 11 is 0. The molecule has 1 amide bonds. The summed E-state index contributed by atoms with van der Waals surface area (Å²) in [6.07, 6.45) is 0. The van der Waals surface area contributed by atoms with Gasteiger partial charge in [0.05, 0.1) is 16.5 Å². The van der Waals surface area contributed by atoms with Crippen molar-refractivity contribution in [2.24, 2.45) is 0 Å². The number of rotatable bonds is 5. The van der Waals surface area contributed by atoms with Gasteiger partial charge in [-0.15, -0.1) is 0 Å². The van der Waals surface area contributed by atoms with Gasteiger partial charge in [-0.05, 0) is 73.2 Å². The van der Waals surface area contributed by atoms with Crippen molar-refractivity contribution in [1.82, 2.24) is 0 Å². The lowest BCUT2D eigenvalue weighted by Crippen LogP contribution is -2.15. The van der Waals surface area contributed by atoms with E-state index in [1.165, 1.54) is 24.3 Å². The van der Waals surface area contributed by atoms with Crippen LogP contribution in [0.4, 0.5) is 11.4 Å². The second-order valence-corrected chi connectivity index (χ2v) is 7.83. The molecule has 0 bridgehead atoms. The molecule has 3 aromatic rings. The van der Waals surface area contributed by atoms with Crippen molar-refractivity contribution in [2.75, 3.05) is 10.0 Å². The number of carbonyl (C=O) groups excluding carboxylic acids is 1. The minimum atomic E-state index is -3.75. The Hall–Kier alpha value is -3.63. The molecular weight excluding hydrogens is 374 g/mol. The van der Waals surface area contributed by atoms with Crippen molar-refractivity contribution in [3.8, 4) is 6.07 Å². The number of benzene rings is 3. The molecule has 0 radical (unpaired) electrons. The molecule has 7 heteroatoms. The minimum absolute atomic E-state index is 0.0592. The maximum absolute atomic E-state index is 12.5. The number of carbonyl (C=O) groups is 1. The Morgan fingerprint density at radius 2 is 1.61 bits per heavy atom. The summed E-state index contributed by atoms with van der Waals surface area (Å²) in [5.74, 6) is -0.375. The summed E-state index contributed by atoms with van der Waals surface area (Å²) < 4.78 is 27.5. The van der Waals surface area contributed by atoms with Crippen molar-refractivity contribution >= 4 is 27.3 Å². The third-order valence-electron chi connectivity index (χ3n) is 3.97. The number of amides is 1. The fraction of sp³-hybridized carbons (Fsp3) is 0.0476. The molecule has 0 aliphatic heterocycles. The Balaban J connectivity index is 1.73. The number of aryl methyl sites for hydroxylation is 1. The topological polar surface area (TPSA) is 99.1 Å². The molecule has 28 heavy (non-hydrogen) atoms. The third-order valence-corrected chi connectivity index (χ3v) is 5.37. The third kappa shape index (κ3) is 4.55. The van der Waals surface area contributed by atoms with Gasteiger partial charge in [-0.2, -0.15) is 5.26 Å². The van der Waals surface area contributed by atoms with Gasteiger partial charge in [0, 0.05) is 16.9 Å². The van der Waals surface area contributed by atoms with Crippen LogP contribution in [0.15, 0.2) is 77.7 Å². The van der Waals surface area contributed by atoms with E-state index in [1.54, 1.807) is 42.5 Å². The van der Waals surface area contributed by atoms with E-state index < -0.39 is 10.0 Å². The van der Waals surface area contributed by atoms with Gasteiger partial charge in [0.15, 0.2) is 0 Å². The second kappa shape index (κ2) is 7.94. The van der Waals surface area contributed by atoms with Crippen molar-refractivity contribution in [3.63, 3.8) is 0 Å². The molecule has 3 rings (SSSR count). The summed E-state index contributed by atoms with van der Waals surface area (Å²) in [4.78, 5) is 12.4. The number of hydrogen-bond acceptors (Lipinski definition) is 4. The zero-order chi connectivity index (χ0) is 20.1. The van der Waals surface area contributed by atoms with Crippen LogP contribution < -0.4 is 10.0 Å². The van der Waals surface area contributed by atoms with E-state index >= 15 is 0 Å². The normalized spacial score (nSPS) is 10.7. The summed E-state index contributed by atoms with van der Waals surface area (Å²) in [5.41, 5.74) is 2.77. The van der Waals surface area contributed by atoms with Crippen LogP contribution in [0.2, 0.25) is 0 Å². The lowest BCUT2D eigenvalue weighted by Gasteiger charge is -2.10. The number of nitrogens with one attached hydrogen (secondary N) is 2. The molecule has 6 nitrogen and oxygen atoms in total. The average Bonchev–Trinajstić information content (AvgIpc) is 2.68. The van der Waals surface area contributed by atoms with E-state index in [0.29, 0.717) is 22.5 Å². The molecule has 0 spiro atoms. The van der Waals surface area contributed by atoms with Crippen LogP contribution in [-0.2, 0) is 10.0 Å². The van der Waals surface area contributed by atoms with Crippen LogP contribution in [0, 0.1) is 18.3 Å². The zero-order valence-electron chi connectivity index (χ0n) is 15.0. The van der Waals surface area contributed by atoms with Crippen molar-refractivity contribution in [1.29, 1.82) is 5.26 Å². The first-order valence-electron chi connectivity index (χ1n) is 8.38. The van der Waals surface area contributed by atoms with E-state index in [4.69, 9.17) is 5.26 Å². The molecule has 0 aliphatic rings. The quantitative estimate of drug-likeness (QED) is 0.688. The van der Waals surface area contributed by atoms with Crippen LogP contribution >= 0.6 is 0 Å². The highest BCUT2D eigenvalue weighted by Gasteiger charge is 2.15. The highest BCUT2D eigenvalue weighted by molar-refractivity contribution is 7.92. The Labute approximate surface area is 163 Å². The molecule has 0 aromatic heterocycles. The highest BCUT2D eigenvalue weighted by Crippen LogP contribution is 2.18. The maximum Gasteiger partial charge on any atom is 0.261 e. The van der Waals surface area contributed by atoms with Crippen LogP contribution in [0.5, 0.6) is 0 Å². The van der Waals surface area contributed by atoms with Gasteiger partial charge in [-0.3, -0.25) is 9.52 Å². The van der Waals surface area contributed by atoms with Crippen molar-refractivity contribution < 1.29 is 13.2 Å². The van der Waals surface area contributed by atoms with Crippen LogP contribution in [0.3, 0.4) is 0 Å². The molecule has 0 saturated heterocycles. The van der Waals surface area contributed by atoms with Gasteiger partial charge in [0.1, 0.15) is 0 Å². The van der Waals surface area contributed by atoms with E-state index in [1.807, 2.05) is 19.1 Å². The van der Waals surface area contributed by atoms with E-state index in [0.717, 1.165) is 5.56 Å². The van der Waals surface area contributed by atoms with Gasteiger partial charge in [-0.1, -0.05) is 12.1 Å². The summed E-state index contributed by atoms with van der Waals surface area (Å²) in [7, 11) is -3.75. The number of anilines is 2. The Morgan fingerprint density at radius 3 is 2.21 bits per heavy atom. The Kier molecular flexibility index (Phi) is 5.43. The van der Waals surface area contributed by atoms with E-state index in [-0.39, 0.29) is 10.8 Å². The maximum atomic E-state index is 12.5. The van der Waals surface area contributed by atoms with Gasteiger partial charge in [-0.25, -0.2) is 8.42 Å². The van der Waals surface area contributed by atoms with Gasteiger partial charge in [0.25, 0.3) is 15.9 Å². The lowest BCUT2D eigenvalue weighted by molar-refractivity contribution is 0.102. The van der Waals surface area contributed by atoms with E-state index in [9.17, 15) is 13.2 Å². The predicted molar refractivity (Wildman–Crippen MR) is 108 cm³/mol. The molecule has 0 heterocycles. The number of nitriles is 1. The highest BCUT2D eigenvalue weighted by atomic mass is 32.2. The fourth-order valence-corrected chi connectivity index (χ4v) is 3.59. The molecule has 0 fully saturated rings. The Bertz CT molecular complexity index is 1150. The van der Waals surface area contributed by atoms with E-state index in [2.05, 4.69) is 10.0 Å². The van der Waals surface area contributed by atoms with Crippen LogP contribution in [0.25, 0.3) is 0 Å². The SMILES string of the molecule is Cc1cccc(NS(=O)(=O)c2ccc(C(=O)Nc3ccc(C#N)cc3)cc2)c1. The summed E-state index contributed by atoms with van der Waals surface area (Å²) in [6.45, 7) is 1.87. The summed E-state index contributed by atoms with van der Waals surface area (Å²) in [5, 5.41) is 11.5. The van der Waals surface area contributed by atoms with Gasteiger partial charge < -0.3 is 5.32 Å². The lowest BCUT2D eigenvalue weighted by atomic mass is 10.2. The standard InChI is InChI=1S/C21H17N3O3S/c1-15-3-2-4-19(13-15)24-28(26,27)20-11-7-17(8-12-20)21(25)23-18-9-5-16(14-22)6-10-18/h2-13,24H,1H3,(H,23,25). The molecule has 140 valence electrons. The second-order valence-electron chi connectivity index (χ2n) is 6.14. The molecule has 2 N–H and O–H groups in total. The van der Waals surface area contributed by atoms with Crippen molar-refractivity contribution in [2.45, 2.75) is 11.8 Å². The van der Waals surface area contributed by atoms with Crippen LogP contribution in [0.1, 0.15) is 21.5 Å². The zero-order valence-corrected chi connectivity index (χ0v) is 15.8.